The summed E-state index contributed by atoms with van der Waals surface area (Å²) in [6, 6.07) is 0. The van der Waals surface area contributed by atoms with Gasteiger partial charge in [0.2, 0.25) is 0 Å². The molecule has 0 aromatic carbocycles. The lowest BCUT2D eigenvalue weighted by Gasteiger charge is -2.28. The van der Waals surface area contributed by atoms with Crippen LogP contribution in [0, 0.1) is 0 Å². The SMILES string of the molecule is CCC(C)(COC1CCCC1I)OC. The van der Waals surface area contributed by atoms with Gasteiger partial charge in [0.05, 0.1) is 18.3 Å². The first-order valence-electron chi connectivity index (χ1n) is 5.42. The van der Waals surface area contributed by atoms with E-state index in [2.05, 4.69) is 36.4 Å². The second-order valence-electron chi connectivity index (χ2n) is 4.30. The molecule has 14 heavy (non-hydrogen) atoms. The fraction of sp³-hybridized carbons (Fsp3) is 1.00. The summed E-state index contributed by atoms with van der Waals surface area (Å²) in [5.74, 6) is 0. The molecule has 0 amide bonds. The fourth-order valence-electron chi connectivity index (χ4n) is 1.66. The Labute approximate surface area is 101 Å². The third-order valence-corrected chi connectivity index (χ3v) is 4.64. The predicted molar refractivity (Wildman–Crippen MR) is 67.1 cm³/mol. The van der Waals surface area contributed by atoms with Crippen LogP contribution in [0.4, 0.5) is 0 Å². The van der Waals surface area contributed by atoms with Crippen LogP contribution in [0.5, 0.6) is 0 Å². The zero-order valence-corrected chi connectivity index (χ0v) is 11.5. The van der Waals surface area contributed by atoms with Gasteiger partial charge < -0.3 is 9.47 Å². The molecule has 0 aromatic rings. The van der Waals surface area contributed by atoms with Crippen LogP contribution < -0.4 is 0 Å². The maximum Gasteiger partial charge on any atom is 0.0880 e. The first kappa shape index (κ1) is 12.7. The average molecular weight is 312 g/mol. The average Bonchev–Trinajstić information content (AvgIpc) is 2.61. The molecular weight excluding hydrogens is 291 g/mol. The Morgan fingerprint density at radius 2 is 2.14 bits per heavy atom. The fourth-order valence-corrected chi connectivity index (χ4v) is 2.66. The van der Waals surface area contributed by atoms with E-state index in [9.17, 15) is 0 Å². The molecule has 0 N–H and O–H groups in total. The van der Waals surface area contributed by atoms with Crippen LogP contribution in [0.1, 0.15) is 39.5 Å². The Bertz CT molecular complexity index is 169. The van der Waals surface area contributed by atoms with Gasteiger partial charge in [0.15, 0.2) is 0 Å². The first-order valence-corrected chi connectivity index (χ1v) is 6.66. The Morgan fingerprint density at radius 3 is 2.57 bits per heavy atom. The molecule has 3 atom stereocenters. The highest BCUT2D eigenvalue weighted by Crippen LogP contribution is 2.29. The van der Waals surface area contributed by atoms with Gasteiger partial charge >= 0.3 is 0 Å². The number of hydrogen-bond donors (Lipinski definition) is 0. The Morgan fingerprint density at radius 1 is 1.43 bits per heavy atom. The van der Waals surface area contributed by atoms with Gasteiger partial charge in [-0.25, -0.2) is 0 Å². The Kier molecular flexibility index (Phi) is 5.14. The number of hydrogen-bond acceptors (Lipinski definition) is 2. The molecule has 1 fully saturated rings. The smallest absolute Gasteiger partial charge is 0.0880 e. The maximum absolute atomic E-state index is 5.93. The quantitative estimate of drug-likeness (QED) is 0.573. The molecular formula is C11H21IO2. The van der Waals surface area contributed by atoms with Gasteiger partial charge in [-0.3, -0.25) is 0 Å². The van der Waals surface area contributed by atoms with Gasteiger partial charge in [0.1, 0.15) is 0 Å². The van der Waals surface area contributed by atoms with Crippen LogP contribution in [0.3, 0.4) is 0 Å². The van der Waals surface area contributed by atoms with Crippen LogP contribution in [-0.2, 0) is 9.47 Å². The van der Waals surface area contributed by atoms with Crippen molar-refractivity contribution in [2.24, 2.45) is 0 Å². The number of alkyl halides is 1. The highest BCUT2D eigenvalue weighted by Gasteiger charge is 2.29. The third kappa shape index (κ3) is 3.35. The Balaban J connectivity index is 2.31. The van der Waals surface area contributed by atoms with E-state index in [1.807, 2.05) is 0 Å². The van der Waals surface area contributed by atoms with Crippen LogP contribution in [0.2, 0.25) is 0 Å². The molecule has 1 saturated carbocycles. The highest BCUT2D eigenvalue weighted by molar-refractivity contribution is 14.1. The molecule has 0 spiro atoms. The first-order chi connectivity index (χ1) is 6.61. The molecule has 2 nitrogen and oxygen atoms in total. The van der Waals surface area contributed by atoms with Gasteiger partial charge in [-0.2, -0.15) is 0 Å². The standard InChI is InChI=1S/C11H21IO2/c1-4-11(2,13-3)8-14-10-7-5-6-9(10)12/h9-10H,4-8H2,1-3H3. The van der Waals surface area contributed by atoms with Crippen molar-refractivity contribution in [2.75, 3.05) is 13.7 Å². The lowest BCUT2D eigenvalue weighted by molar-refractivity contribution is -0.0837. The molecule has 0 aromatic heterocycles. The van der Waals surface area contributed by atoms with E-state index in [0.717, 1.165) is 13.0 Å². The van der Waals surface area contributed by atoms with Crippen LogP contribution >= 0.6 is 22.6 Å². The van der Waals surface area contributed by atoms with E-state index in [1.54, 1.807) is 7.11 Å². The molecule has 1 aliphatic carbocycles. The predicted octanol–water partition coefficient (Wildman–Crippen LogP) is 3.17. The van der Waals surface area contributed by atoms with E-state index < -0.39 is 0 Å². The molecule has 1 aliphatic rings. The third-order valence-electron chi connectivity index (χ3n) is 3.22. The lowest BCUT2D eigenvalue weighted by atomic mass is 10.1. The number of halogens is 1. The summed E-state index contributed by atoms with van der Waals surface area (Å²) in [6.07, 6.45) is 5.30. The Hall–Kier alpha value is 0.650. The molecule has 1 rings (SSSR count). The molecule has 0 heterocycles. The zero-order chi connectivity index (χ0) is 10.6. The summed E-state index contributed by atoms with van der Waals surface area (Å²) in [4.78, 5) is 0. The van der Waals surface area contributed by atoms with Gasteiger partial charge in [-0.1, -0.05) is 29.5 Å². The van der Waals surface area contributed by atoms with E-state index >= 15 is 0 Å². The van der Waals surface area contributed by atoms with Gasteiger partial charge in [0, 0.05) is 11.0 Å². The summed E-state index contributed by atoms with van der Waals surface area (Å²) in [5.41, 5.74) is -0.0983. The van der Waals surface area contributed by atoms with Crippen LogP contribution in [0.25, 0.3) is 0 Å². The molecule has 0 radical (unpaired) electrons. The van der Waals surface area contributed by atoms with Crippen molar-refractivity contribution in [3.8, 4) is 0 Å². The summed E-state index contributed by atoms with van der Waals surface area (Å²) >= 11 is 2.50. The minimum Gasteiger partial charge on any atom is -0.376 e. The van der Waals surface area contributed by atoms with E-state index in [1.165, 1.54) is 19.3 Å². The zero-order valence-electron chi connectivity index (χ0n) is 9.38. The normalized spacial score (nSPS) is 31.7. The monoisotopic (exact) mass is 312 g/mol. The molecule has 84 valence electrons. The second-order valence-corrected chi connectivity index (χ2v) is 5.90. The van der Waals surface area contributed by atoms with Crippen molar-refractivity contribution in [3.05, 3.63) is 0 Å². The number of methoxy groups -OCH3 is 1. The highest BCUT2D eigenvalue weighted by atomic mass is 127. The maximum atomic E-state index is 5.93. The number of ether oxygens (including phenoxy) is 2. The van der Waals surface area contributed by atoms with E-state index in [-0.39, 0.29) is 5.60 Å². The van der Waals surface area contributed by atoms with Gasteiger partial charge in [0.25, 0.3) is 0 Å². The van der Waals surface area contributed by atoms with Gasteiger partial charge in [-0.15, -0.1) is 0 Å². The lowest BCUT2D eigenvalue weighted by Crippen LogP contribution is -2.35. The van der Waals surface area contributed by atoms with Crippen molar-refractivity contribution >= 4 is 22.6 Å². The van der Waals surface area contributed by atoms with Crippen molar-refractivity contribution in [3.63, 3.8) is 0 Å². The number of rotatable bonds is 5. The molecule has 0 aliphatic heterocycles. The second kappa shape index (κ2) is 5.66. The summed E-state index contributed by atoms with van der Waals surface area (Å²) in [5, 5.41) is 0. The van der Waals surface area contributed by atoms with Crippen molar-refractivity contribution in [1.82, 2.24) is 0 Å². The molecule has 3 unspecified atom stereocenters. The van der Waals surface area contributed by atoms with Crippen molar-refractivity contribution in [2.45, 2.75) is 55.2 Å². The van der Waals surface area contributed by atoms with E-state index in [4.69, 9.17) is 9.47 Å². The summed E-state index contributed by atoms with van der Waals surface area (Å²) in [7, 11) is 1.77. The summed E-state index contributed by atoms with van der Waals surface area (Å²) in [6.45, 7) is 4.98. The minimum atomic E-state index is -0.0983. The molecule has 3 heteroatoms. The van der Waals surface area contributed by atoms with E-state index in [0.29, 0.717) is 10.0 Å². The molecule has 0 saturated heterocycles. The van der Waals surface area contributed by atoms with Crippen molar-refractivity contribution < 1.29 is 9.47 Å². The van der Waals surface area contributed by atoms with Crippen molar-refractivity contribution in [1.29, 1.82) is 0 Å². The topological polar surface area (TPSA) is 18.5 Å². The largest absolute Gasteiger partial charge is 0.376 e. The summed E-state index contributed by atoms with van der Waals surface area (Å²) < 4.78 is 12.1. The minimum absolute atomic E-state index is 0.0983. The molecule has 0 bridgehead atoms. The van der Waals surface area contributed by atoms with Crippen LogP contribution in [-0.4, -0.2) is 29.3 Å². The van der Waals surface area contributed by atoms with Crippen LogP contribution in [0.15, 0.2) is 0 Å². The van der Waals surface area contributed by atoms with Gasteiger partial charge in [-0.05, 0) is 32.6 Å².